The Bertz CT molecular complexity index is 588. The Balaban J connectivity index is 1.59. The lowest BCUT2D eigenvalue weighted by Gasteiger charge is -2.47. The number of nitrogens with one attached hydrogen (secondary N) is 1. The van der Waals surface area contributed by atoms with E-state index in [0.717, 1.165) is 25.9 Å². The molecule has 2 aliphatic rings. The van der Waals surface area contributed by atoms with Gasteiger partial charge in [-0.2, -0.15) is 0 Å². The van der Waals surface area contributed by atoms with Gasteiger partial charge >= 0.3 is 0 Å². The SMILES string of the molecule is CC1(N2CCC(Nc3cc(C(N)=O)ccc3O)CC2)CCCCC1. The maximum absolute atomic E-state index is 11.3. The average molecular weight is 331 g/mol. The minimum Gasteiger partial charge on any atom is -0.506 e. The van der Waals surface area contributed by atoms with E-state index >= 15 is 0 Å². The molecular formula is C19H29N3O2. The number of likely N-dealkylation sites (tertiary alicyclic amines) is 1. The second kappa shape index (κ2) is 7.01. The number of rotatable bonds is 4. The van der Waals surface area contributed by atoms with Crippen LogP contribution in [0.3, 0.4) is 0 Å². The number of carbonyl (C=O) groups excluding carboxylic acids is 1. The van der Waals surface area contributed by atoms with Crippen LogP contribution in [-0.4, -0.2) is 40.6 Å². The number of primary amides is 1. The van der Waals surface area contributed by atoms with Crippen molar-refractivity contribution < 1.29 is 9.90 Å². The lowest BCUT2D eigenvalue weighted by Crippen LogP contribution is -2.52. The van der Waals surface area contributed by atoms with Gasteiger partial charge < -0.3 is 16.2 Å². The topological polar surface area (TPSA) is 78.6 Å². The summed E-state index contributed by atoms with van der Waals surface area (Å²) in [5.74, 6) is -0.306. The number of hydrogen-bond donors (Lipinski definition) is 3. The van der Waals surface area contributed by atoms with Gasteiger partial charge in [0.15, 0.2) is 0 Å². The zero-order valence-corrected chi connectivity index (χ0v) is 14.6. The Morgan fingerprint density at radius 3 is 2.54 bits per heavy atom. The van der Waals surface area contributed by atoms with Gasteiger partial charge in [0.2, 0.25) is 5.91 Å². The van der Waals surface area contributed by atoms with E-state index in [1.807, 2.05) is 0 Å². The number of piperidine rings is 1. The van der Waals surface area contributed by atoms with Crippen LogP contribution in [0.5, 0.6) is 5.75 Å². The van der Waals surface area contributed by atoms with Crippen LogP contribution in [-0.2, 0) is 0 Å². The van der Waals surface area contributed by atoms with E-state index in [-0.39, 0.29) is 5.75 Å². The number of aromatic hydroxyl groups is 1. The molecule has 0 aromatic heterocycles. The monoisotopic (exact) mass is 331 g/mol. The highest BCUT2D eigenvalue weighted by atomic mass is 16.3. The number of nitrogens with zero attached hydrogens (tertiary/aromatic N) is 1. The maximum Gasteiger partial charge on any atom is 0.248 e. The van der Waals surface area contributed by atoms with Crippen molar-refractivity contribution >= 4 is 11.6 Å². The third-order valence-electron chi connectivity index (χ3n) is 5.83. The molecule has 5 nitrogen and oxygen atoms in total. The molecule has 3 rings (SSSR count). The molecule has 4 N–H and O–H groups in total. The summed E-state index contributed by atoms with van der Waals surface area (Å²) < 4.78 is 0. The maximum atomic E-state index is 11.3. The fraction of sp³-hybridized carbons (Fsp3) is 0.632. The Morgan fingerprint density at radius 2 is 1.92 bits per heavy atom. The quantitative estimate of drug-likeness (QED) is 0.741. The van der Waals surface area contributed by atoms with Gasteiger partial charge in [-0.05, 0) is 50.8 Å². The van der Waals surface area contributed by atoms with Crippen LogP contribution >= 0.6 is 0 Å². The van der Waals surface area contributed by atoms with Crippen LogP contribution in [0.15, 0.2) is 18.2 Å². The molecule has 0 bridgehead atoms. The van der Waals surface area contributed by atoms with Crippen molar-refractivity contribution in [2.45, 2.75) is 63.5 Å². The van der Waals surface area contributed by atoms with E-state index in [4.69, 9.17) is 5.73 Å². The van der Waals surface area contributed by atoms with E-state index in [2.05, 4.69) is 17.1 Å². The van der Waals surface area contributed by atoms with Gasteiger partial charge in [-0.3, -0.25) is 9.69 Å². The fourth-order valence-electron chi connectivity index (χ4n) is 4.22. The number of hydrogen-bond acceptors (Lipinski definition) is 4. The Labute approximate surface area is 144 Å². The predicted molar refractivity (Wildman–Crippen MR) is 96.3 cm³/mol. The zero-order valence-electron chi connectivity index (χ0n) is 14.6. The third-order valence-corrected chi connectivity index (χ3v) is 5.83. The molecule has 2 fully saturated rings. The molecular weight excluding hydrogens is 302 g/mol. The molecule has 1 amide bonds. The molecule has 1 aromatic carbocycles. The molecule has 0 radical (unpaired) electrons. The van der Waals surface area contributed by atoms with Crippen molar-refractivity contribution in [3.8, 4) is 5.75 Å². The fourth-order valence-corrected chi connectivity index (χ4v) is 4.22. The van der Waals surface area contributed by atoms with Crippen LogP contribution in [0.1, 0.15) is 62.2 Å². The van der Waals surface area contributed by atoms with Gasteiger partial charge in [0.25, 0.3) is 0 Å². The first kappa shape index (κ1) is 17.1. The zero-order chi connectivity index (χ0) is 17.2. The first-order valence-corrected chi connectivity index (χ1v) is 9.12. The molecule has 1 aromatic rings. The van der Waals surface area contributed by atoms with E-state index < -0.39 is 5.91 Å². The van der Waals surface area contributed by atoms with Crippen LogP contribution in [0, 0.1) is 0 Å². The van der Waals surface area contributed by atoms with Crippen molar-refractivity contribution in [3.05, 3.63) is 23.8 Å². The highest BCUT2D eigenvalue weighted by molar-refractivity contribution is 5.94. The molecule has 1 saturated heterocycles. The van der Waals surface area contributed by atoms with Crippen LogP contribution < -0.4 is 11.1 Å². The minimum atomic E-state index is -0.474. The molecule has 1 heterocycles. The average Bonchev–Trinajstić information content (AvgIpc) is 2.58. The smallest absolute Gasteiger partial charge is 0.248 e. The van der Waals surface area contributed by atoms with Crippen molar-refractivity contribution in [2.75, 3.05) is 18.4 Å². The number of amides is 1. The summed E-state index contributed by atoms with van der Waals surface area (Å²) in [6.07, 6.45) is 8.80. The summed E-state index contributed by atoms with van der Waals surface area (Å²) in [6, 6.07) is 5.05. The second-order valence-corrected chi connectivity index (χ2v) is 7.56. The highest BCUT2D eigenvalue weighted by Gasteiger charge is 2.35. The summed E-state index contributed by atoms with van der Waals surface area (Å²) in [5, 5.41) is 13.4. The van der Waals surface area contributed by atoms with Gasteiger partial charge in [0.1, 0.15) is 5.75 Å². The van der Waals surface area contributed by atoms with Gasteiger partial charge in [-0.15, -0.1) is 0 Å². The lowest BCUT2D eigenvalue weighted by molar-refractivity contribution is 0.0457. The Hall–Kier alpha value is -1.75. The minimum absolute atomic E-state index is 0.168. The summed E-state index contributed by atoms with van der Waals surface area (Å²) in [6.45, 7) is 4.59. The molecule has 1 aliphatic heterocycles. The number of benzene rings is 1. The van der Waals surface area contributed by atoms with Crippen molar-refractivity contribution in [1.82, 2.24) is 4.90 Å². The summed E-state index contributed by atoms with van der Waals surface area (Å²) in [7, 11) is 0. The highest BCUT2D eigenvalue weighted by Crippen LogP contribution is 2.35. The molecule has 0 atom stereocenters. The first-order chi connectivity index (χ1) is 11.5. The second-order valence-electron chi connectivity index (χ2n) is 7.56. The van der Waals surface area contributed by atoms with Crippen LogP contribution in [0.25, 0.3) is 0 Å². The van der Waals surface area contributed by atoms with Gasteiger partial charge in [0.05, 0.1) is 5.69 Å². The van der Waals surface area contributed by atoms with Crippen LogP contribution in [0.4, 0.5) is 5.69 Å². The molecule has 24 heavy (non-hydrogen) atoms. The Morgan fingerprint density at radius 1 is 1.25 bits per heavy atom. The number of nitrogens with two attached hydrogens (primary N) is 1. The van der Waals surface area contributed by atoms with E-state index in [9.17, 15) is 9.90 Å². The van der Waals surface area contributed by atoms with Crippen molar-refractivity contribution in [2.24, 2.45) is 5.73 Å². The normalized spacial score (nSPS) is 22.2. The number of phenols is 1. The standard InChI is InChI=1S/C19H29N3O2/c1-19(9-3-2-4-10-19)22-11-7-15(8-12-22)21-16-13-14(18(20)24)5-6-17(16)23/h5-6,13,15,21,23H,2-4,7-12H2,1H3,(H2,20,24). The van der Waals surface area contributed by atoms with Gasteiger partial charge in [-0.1, -0.05) is 19.3 Å². The van der Waals surface area contributed by atoms with Gasteiger partial charge in [-0.25, -0.2) is 0 Å². The molecule has 0 unspecified atom stereocenters. The lowest BCUT2D eigenvalue weighted by atomic mass is 9.80. The molecule has 5 heteroatoms. The summed E-state index contributed by atoms with van der Waals surface area (Å²) >= 11 is 0. The third kappa shape index (κ3) is 3.66. The van der Waals surface area contributed by atoms with Crippen molar-refractivity contribution in [1.29, 1.82) is 0 Å². The molecule has 0 spiro atoms. The number of anilines is 1. The molecule has 1 saturated carbocycles. The first-order valence-electron chi connectivity index (χ1n) is 9.12. The van der Waals surface area contributed by atoms with Gasteiger partial charge in [0, 0.05) is 30.2 Å². The molecule has 132 valence electrons. The summed E-state index contributed by atoms with van der Waals surface area (Å²) in [5.41, 5.74) is 6.72. The number of phenolic OH excluding ortho intramolecular Hbond substituents is 1. The predicted octanol–water partition coefficient (Wildman–Crippen LogP) is 3.09. The number of carbonyl (C=O) groups is 1. The molecule has 1 aliphatic carbocycles. The van der Waals surface area contributed by atoms with E-state index in [0.29, 0.717) is 22.8 Å². The van der Waals surface area contributed by atoms with E-state index in [1.165, 1.54) is 38.2 Å². The largest absolute Gasteiger partial charge is 0.506 e. The van der Waals surface area contributed by atoms with Crippen LogP contribution in [0.2, 0.25) is 0 Å². The summed E-state index contributed by atoms with van der Waals surface area (Å²) in [4.78, 5) is 14.0. The van der Waals surface area contributed by atoms with Crippen molar-refractivity contribution in [3.63, 3.8) is 0 Å². The van der Waals surface area contributed by atoms with E-state index in [1.54, 1.807) is 12.1 Å². The Kier molecular flexibility index (Phi) is 4.99.